The number of hydrogen-bond donors (Lipinski definition) is 2. The van der Waals surface area contributed by atoms with Crippen LogP contribution in [0, 0.1) is 23.2 Å². The van der Waals surface area contributed by atoms with Gasteiger partial charge in [0.05, 0.1) is 11.7 Å². The monoisotopic (exact) mass is 400 g/mol. The molecule has 0 saturated heterocycles. The average molecular weight is 401 g/mol. The van der Waals surface area contributed by atoms with Gasteiger partial charge in [0.1, 0.15) is 0 Å². The third kappa shape index (κ3) is 5.07. The van der Waals surface area contributed by atoms with E-state index in [2.05, 4.69) is 32.6 Å². The number of aliphatic hydroxyl groups excluding tert-OH is 1. The van der Waals surface area contributed by atoms with Gasteiger partial charge >= 0.3 is 0 Å². The second-order valence-corrected chi connectivity index (χ2v) is 11.1. The van der Waals surface area contributed by atoms with Crippen LogP contribution in [-0.2, 0) is 0 Å². The van der Waals surface area contributed by atoms with Gasteiger partial charge in [-0.3, -0.25) is 0 Å². The highest BCUT2D eigenvalue weighted by Crippen LogP contribution is 2.60. The molecule has 3 aliphatic carbocycles. The van der Waals surface area contributed by atoms with Crippen molar-refractivity contribution in [1.82, 2.24) is 0 Å². The number of allylic oxidation sites excluding steroid dienone is 5. The zero-order chi connectivity index (χ0) is 21.2. The van der Waals surface area contributed by atoms with Crippen LogP contribution in [0.5, 0.6) is 0 Å². The summed E-state index contributed by atoms with van der Waals surface area (Å²) in [4.78, 5) is 0. The highest BCUT2D eigenvalue weighted by Gasteiger charge is 2.50. The maximum atomic E-state index is 10.3. The molecule has 0 radical (unpaired) electrons. The molecule has 0 aliphatic heterocycles. The molecule has 3 fully saturated rings. The Morgan fingerprint density at radius 3 is 2.52 bits per heavy atom. The molecular formula is C27H44O2. The fourth-order valence-electron chi connectivity index (χ4n) is 6.59. The lowest BCUT2D eigenvalue weighted by Crippen LogP contribution is -2.38. The van der Waals surface area contributed by atoms with E-state index in [1.165, 1.54) is 68.9 Å². The van der Waals surface area contributed by atoms with Gasteiger partial charge in [-0.1, -0.05) is 43.7 Å². The Morgan fingerprint density at radius 1 is 1.10 bits per heavy atom. The van der Waals surface area contributed by atoms with Crippen LogP contribution in [-0.4, -0.2) is 21.9 Å². The van der Waals surface area contributed by atoms with Crippen LogP contribution >= 0.6 is 0 Å². The molecule has 3 saturated carbocycles. The summed E-state index contributed by atoms with van der Waals surface area (Å²) in [6, 6.07) is 0. The van der Waals surface area contributed by atoms with Crippen molar-refractivity contribution in [3.63, 3.8) is 0 Å². The van der Waals surface area contributed by atoms with E-state index in [1.807, 2.05) is 0 Å². The van der Waals surface area contributed by atoms with Crippen LogP contribution in [0.3, 0.4) is 0 Å². The molecule has 0 heterocycles. The smallest absolute Gasteiger partial charge is 0.0849 e. The van der Waals surface area contributed by atoms with E-state index in [-0.39, 0.29) is 0 Å². The predicted octanol–water partition coefficient (Wildman–Crippen LogP) is 6.73. The zero-order valence-electron chi connectivity index (χ0n) is 19.3. The average Bonchev–Trinajstić information content (AvgIpc) is 3.02. The van der Waals surface area contributed by atoms with Crippen LogP contribution in [0.1, 0.15) is 98.3 Å². The summed E-state index contributed by atoms with van der Waals surface area (Å²) in [5, 5.41) is 20.3. The summed E-state index contributed by atoms with van der Waals surface area (Å²) in [5.74, 6) is 2.04. The van der Waals surface area contributed by atoms with Gasteiger partial charge in [-0.25, -0.2) is 0 Å². The van der Waals surface area contributed by atoms with Crippen molar-refractivity contribution in [2.75, 3.05) is 0 Å². The lowest BCUT2D eigenvalue weighted by Gasteiger charge is -2.44. The Labute approximate surface area is 179 Å². The Bertz CT molecular complexity index is 650. The van der Waals surface area contributed by atoms with Gasteiger partial charge in [0, 0.05) is 0 Å². The third-order valence-corrected chi connectivity index (χ3v) is 8.56. The third-order valence-electron chi connectivity index (χ3n) is 8.56. The van der Waals surface area contributed by atoms with Gasteiger partial charge in [0.25, 0.3) is 0 Å². The summed E-state index contributed by atoms with van der Waals surface area (Å²) in [5.41, 5.74) is 3.91. The predicted molar refractivity (Wildman–Crippen MR) is 123 cm³/mol. The summed E-state index contributed by atoms with van der Waals surface area (Å²) < 4.78 is 0. The molecule has 0 aromatic rings. The van der Waals surface area contributed by atoms with Crippen LogP contribution in [0.25, 0.3) is 0 Å². The van der Waals surface area contributed by atoms with Gasteiger partial charge in [-0.15, -0.1) is 0 Å². The molecular weight excluding hydrogens is 356 g/mol. The Morgan fingerprint density at radius 2 is 1.83 bits per heavy atom. The molecule has 5 atom stereocenters. The van der Waals surface area contributed by atoms with E-state index in [9.17, 15) is 10.2 Å². The van der Waals surface area contributed by atoms with Crippen LogP contribution in [0.15, 0.2) is 35.5 Å². The van der Waals surface area contributed by atoms with E-state index < -0.39 is 11.7 Å². The number of aliphatic hydroxyl groups is 2. The van der Waals surface area contributed by atoms with Gasteiger partial charge in [0.2, 0.25) is 0 Å². The van der Waals surface area contributed by atoms with Crippen LogP contribution < -0.4 is 0 Å². The fourth-order valence-corrected chi connectivity index (χ4v) is 6.59. The standard InChI is InChI=1S/C27H44O2/c1-19-9-6-7-10-21(19)13-14-22-11-8-18-27(5)23(15-16-24(22)27)20(2)12-17-25(28)26(3,4)29/h13-14,20,23-25,28-29H,1,6-12,15-18H2,2-5H3/b21-13-,22-14+/t20-,23?,24?,25?,27?/m1/s1. The molecule has 0 amide bonds. The Kier molecular flexibility index (Phi) is 7.16. The number of hydrogen-bond acceptors (Lipinski definition) is 2. The lowest BCUT2D eigenvalue weighted by atomic mass is 9.60. The van der Waals surface area contributed by atoms with Crippen LogP contribution in [0.4, 0.5) is 0 Å². The van der Waals surface area contributed by atoms with Crippen molar-refractivity contribution in [2.45, 2.75) is 110 Å². The minimum Gasteiger partial charge on any atom is -0.390 e. The van der Waals surface area contributed by atoms with Crippen molar-refractivity contribution < 1.29 is 10.2 Å². The second-order valence-electron chi connectivity index (χ2n) is 11.1. The van der Waals surface area contributed by atoms with Crippen molar-refractivity contribution in [3.05, 3.63) is 35.5 Å². The molecule has 2 nitrogen and oxygen atoms in total. The molecule has 3 aliphatic rings. The minimum absolute atomic E-state index is 0.394. The molecule has 4 unspecified atom stereocenters. The van der Waals surface area contributed by atoms with E-state index in [1.54, 1.807) is 19.4 Å². The molecule has 0 bridgehead atoms. The summed E-state index contributed by atoms with van der Waals surface area (Å²) in [6.07, 6.45) is 17.4. The molecule has 29 heavy (non-hydrogen) atoms. The first-order valence-corrected chi connectivity index (χ1v) is 12.1. The number of fused-ring (bicyclic) bond motifs is 1. The summed E-state index contributed by atoms with van der Waals surface area (Å²) in [6.45, 7) is 12.6. The molecule has 0 spiro atoms. The van der Waals surface area contributed by atoms with Gasteiger partial charge in [-0.05, 0) is 113 Å². The molecule has 0 aromatic heterocycles. The van der Waals surface area contributed by atoms with Crippen LogP contribution in [0.2, 0.25) is 0 Å². The van der Waals surface area contributed by atoms with Crippen molar-refractivity contribution in [3.8, 4) is 0 Å². The lowest BCUT2D eigenvalue weighted by molar-refractivity contribution is -0.0554. The quantitative estimate of drug-likeness (QED) is 0.518. The first-order valence-electron chi connectivity index (χ1n) is 12.1. The molecule has 2 N–H and O–H groups in total. The Hall–Kier alpha value is -0.860. The van der Waals surface area contributed by atoms with E-state index in [4.69, 9.17) is 0 Å². The van der Waals surface area contributed by atoms with Gasteiger partial charge in [-0.2, -0.15) is 0 Å². The second kappa shape index (κ2) is 9.10. The molecule has 3 rings (SSSR count). The Balaban J connectivity index is 1.68. The fraction of sp³-hybridized carbons (Fsp3) is 0.778. The van der Waals surface area contributed by atoms with Crippen molar-refractivity contribution >= 4 is 0 Å². The maximum absolute atomic E-state index is 10.3. The van der Waals surface area contributed by atoms with E-state index >= 15 is 0 Å². The summed E-state index contributed by atoms with van der Waals surface area (Å²) in [7, 11) is 0. The highest BCUT2D eigenvalue weighted by atomic mass is 16.3. The topological polar surface area (TPSA) is 40.5 Å². The largest absolute Gasteiger partial charge is 0.390 e. The van der Waals surface area contributed by atoms with Gasteiger partial charge in [0.15, 0.2) is 0 Å². The number of rotatable bonds is 6. The first kappa shape index (κ1) is 22.8. The highest BCUT2D eigenvalue weighted by molar-refractivity contribution is 5.35. The van der Waals surface area contributed by atoms with E-state index in [0.717, 1.165) is 18.3 Å². The zero-order valence-corrected chi connectivity index (χ0v) is 19.3. The van der Waals surface area contributed by atoms with Crippen molar-refractivity contribution in [1.29, 1.82) is 0 Å². The first-order chi connectivity index (χ1) is 13.6. The molecule has 2 heteroatoms. The van der Waals surface area contributed by atoms with E-state index in [0.29, 0.717) is 17.8 Å². The molecule has 0 aromatic carbocycles. The molecule has 164 valence electrons. The SMILES string of the molecule is C=C1CCCC/C1=C/C=C1\CCCC2(C)C1CCC2[C@H](C)CCC(O)C(C)(C)O. The minimum atomic E-state index is -1.00. The van der Waals surface area contributed by atoms with Gasteiger partial charge < -0.3 is 10.2 Å². The van der Waals surface area contributed by atoms with Crippen molar-refractivity contribution in [2.24, 2.45) is 23.2 Å². The maximum Gasteiger partial charge on any atom is 0.0849 e. The normalized spacial score (nSPS) is 35.7. The summed E-state index contributed by atoms with van der Waals surface area (Å²) >= 11 is 0.